The normalized spacial score (nSPS) is 20.2. The molecule has 8 nitrogen and oxygen atoms in total. The molecule has 166 valence electrons. The molecule has 0 radical (unpaired) electrons. The van der Waals surface area contributed by atoms with E-state index in [9.17, 15) is 4.79 Å². The Balaban J connectivity index is 1.35. The van der Waals surface area contributed by atoms with Crippen LogP contribution in [0.15, 0.2) is 47.6 Å². The summed E-state index contributed by atoms with van der Waals surface area (Å²) >= 11 is 1.37. The summed E-state index contributed by atoms with van der Waals surface area (Å²) in [5, 5.41) is 12.6. The molecule has 2 aliphatic rings. The quantitative estimate of drug-likeness (QED) is 0.553. The van der Waals surface area contributed by atoms with E-state index in [1.165, 1.54) is 22.9 Å². The van der Waals surface area contributed by atoms with Crippen molar-refractivity contribution in [3.63, 3.8) is 0 Å². The zero-order valence-corrected chi connectivity index (χ0v) is 19.2. The molecule has 2 aliphatic heterocycles. The standard InChI is InChI=1S/C23H26N6O2S/c1-15-4-9-20-18(12-15)19-13-27(2)11-10-21(19)28(20)22(30)14-32-23-24-25-26-29(23)16-5-7-17(31-3)8-6-16/h4-9,12,19,21H,10-11,13-14H2,1-3H3. The number of ether oxygens (including phenoxy) is 1. The van der Waals surface area contributed by atoms with Crippen LogP contribution in [0.25, 0.3) is 5.69 Å². The first-order valence-corrected chi connectivity index (χ1v) is 11.7. The smallest absolute Gasteiger partial charge is 0.237 e. The highest BCUT2D eigenvalue weighted by atomic mass is 32.2. The highest BCUT2D eigenvalue weighted by Gasteiger charge is 2.43. The summed E-state index contributed by atoms with van der Waals surface area (Å²) in [4.78, 5) is 17.8. The minimum Gasteiger partial charge on any atom is -0.497 e. The second-order valence-electron chi connectivity index (χ2n) is 8.41. The zero-order valence-electron chi connectivity index (χ0n) is 18.4. The van der Waals surface area contributed by atoms with E-state index in [-0.39, 0.29) is 17.7 Å². The van der Waals surface area contributed by atoms with Gasteiger partial charge in [0, 0.05) is 24.2 Å². The lowest BCUT2D eigenvalue weighted by Gasteiger charge is -2.36. The van der Waals surface area contributed by atoms with Crippen molar-refractivity contribution in [2.45, 2.75) is 30.5 Å². The lowest BCUT2D eigenvalue weighted by atomic mass is 9.89. The van der Waals surface area contributed by atoms with Crippen molar-refractivity contribution in [1.82, 2.24) is 25.1 Å². The number of amides is 1. The van der Waals surface area contributed by atoms with Crippen molar-refractivity contribution >= 4 is 23.4 Å². The maximum Gasteiger partial charge on any atom is 0.237 e. The molecule has 32 heavy (non-hydrogen) atoms. The summed E-state index contributed by atoms with van der Waals surface area (Å²) in [5.41, 5.74) is 4.41. The van der Waals surface area contributed by atoms with E-state index in [2.05, 4.69) is 52.6 Å². The third-order valence-corrected chi connectivity index (χ3v) is 7.21. The van der Waals surface area contributed by atoms with Gasteiger partial charge in [0.05, 0.1) is 18.6 Å². The fraction of sp³-hybridized carbons (Fsp3) is 0.391. The van der Waals surface area contributed by atoms with Crippen molar-refractivity contribution in [3.05, 3.63) is 53.6 Å². The number of fused-ring (bicyclic) bond motifs is 3. The number of thioether (sulfide) groups is 1. The van der Waals surface area contributed by atoms with Gasteiger partial charge in [-0.3, -0.25) is 4.79 Å². The van der Waals surface area contributed by atoms with Crippen LogP contribution in [0.3, 0.4) is 0 Å². The van der Waals surface area contributed by atoms with Gasteiger partial charge in [-0.15, -0.1) is 5.10 Å². The average Bonchev–Trinajstić information content (AvgIpc) is 3.40. The summed E-state index contributed by atoms with van der Waals surface area (Å²) in [6.07, 6.45) is 0.981. The Morgan fingerprint density at radius 1 is 1.22 bits per heavy atom. The molecule has 3 heterocycles. The topological polar surface area (TPSA) is 76.4 Å². The number of hydrogen-bond donors (Lipinski definition) is 0. The van der Waals surface area contributed by atoms with Gasteiger partial charge in [0.1, 0.15) is 5.75 Å². The van der Waals surface area contributed by atoms with Gasteiger partial charge in [-0.1, -0.05) is 29.5 Å². The first kappa shape index (κ1) is 21.0. The van der Waals surface area contributed by atoms with Gasteiger partial charge in [-0.25, -0.2) is 0 Å². The molecule has 0 N–H and O–H groups in total. The Hall–Kier alpha value is -2.91. The predicted octanol–water partition coefficient (Wildman–Crippen LogP) is 2.91. The molecule has 2 aromatic carbocycles. The minimum atomic E-state index is 0.0986. The van der Waals surface area contributed by atoms with Crippen LogP contribution in [0.4, 0.5) is 5.69 Å². The lowest BCUT2D eigenvalue weighted by Crippen LogP contribution is -2.47. The number of nitrogens with zero attached hydrogens (tertiary/aromatic N) is 6. The molecule has 2 unspecified atom stereocenters. The molecular weight excluding hydrogens is 424 g/mol. The van der Waals surface area contributed by atoms with Crippen LogP contribution in [-0.2, 0) is 4.79 Å². The van der Waals surface area contributed by atoms with Gasteiger partial charge >= 0.3 is 0 Å². The number of benzene rings is 2. The molecule has 0 aliphatic carbocycles. The number of rotatable bonds is 5. The number of methoxy groups -OCH3 is 1. The first-order chi connectivity index (χ1) is 15.5. The second-order valence-corrected chi connectivity index (χ2v) is 9.35. The molecular formula is C23H26N6O2S. The summed E-state index contributed by atoms with van der Waals surface area (Å²) < 4.78 is 6.87. The Morgan fingerprint density at radius 3 is 2.81 bits per heavy atom. The van der Waals surface area contributed by atoms with E-state index in [0.29, 0.717) is 11.1 Å². The summed E-state index contributed by atoms with van der Waals surface area (Å²) in [6.45, 7) is 4.09. The molecule has 9 heteroatoms. The van der Waals surface area contributed by atoms with E-state index in [1.807, 2.05) is 29.2 Å². The van der Waals surface area contributed by atoms with E-state index in [1.54, 1.807) is 11.8 Å². The maximum atomic E-state index is 13.5. The van der Waals surface area contributed by atoms with Gasteiger partial charge in [-0.05, 0) is 73.3 Å². The van der Waals surface area contributed by atoms with Crippen LogP contribution < -0.4 is 9.64 Å². The third kappa shape index (κ3) is 3.75. The number of carbonyl (C=O) groups is 1. The van der Waals surface area contributed by atoms with Gasteiger partial charge in [-0.2, -0.15) is 4.68 Å². The SMILES string of the molecule is COc1ccc(-n2nnnc2SCC(=O)N2c3ccc(C)cc3C3CN(C)CCC32)cc1. The lowest BCUT2D eigenvalue weighted by molar-refractivity contribution is -0.116. The molecule has 5 rings (SSSR count). The molecule has 2 atom stereocenters. The first-order valence-electron chi connectivity index (χ1n) is 10.7. The van der Waals surface area contributed by atoms with Crippen LogP contribution in [-0.4, -0.2) is 70.1 Å². The maximum absolute atomic E-state index is 13.5. The van der Waals surface area contributed by atoms with E-state index in [0.717, 1.165) is 36.6 Å². The fourth-order valence-corrected chi connectivity index (χ4v) is 5.51. The molecule has 1 fully saturated rings. The van der Waals surface area contributed by atoms with Crippen LogP contribution >= 0.6 is 11.8 Å². The Kier molecular flexibility index (Phi) is 5.60. The number of aryl methyl sites for hydroxylation is 1. The van der Waals surface area contributed by atoms with E-state index < -0.39 is 0 Å². The molecule has 0 saturated carbocycles. The molecule has 3 aromatic rings. The van der Waals surface area contributed by atoms with Crippen molar-refractivity contribution in [2.24, 2.45) is 0 Å². The van der Waals surface area contributed by atoms with Crippen molar-refractivity contribution in [3.8, 4) is 11.4 Å². The Labute approximate surface area is 191 Å². The highest BCUT2D eigenvalue weighted by Crippen LogP contribution is 2.45. The van der Waals surface area contributed by atoms with Gasteiger partial charge in [0.15, 0.2) is 0 Å². The predicted molar refractivity (Wildman–Crippen MR) is 124 cm³/mol. The van der Waals surface area contributed by atoms with Crippen molar-refractivity contribution < 1.29 is 9.53 Å². The number of carbonyl (C=O) groups excluding carboxylic acids is 1. The zero-order chi connectivity index (χ0) is 22.2. The number of piperidine rings is 1. The molecule has 0 spiro atoms. The molecule has 1 amide bonds. The van der Waals surface area contributed by atoms with Crippen LogP contribution in [0, 0.1) is 6.92 Å². The van der Waals surface area contributed by atoms with Crippen LogP contribution in [0.2, 0.25) is 0 Å². The number of aromatic nitrogens is 4. The minimum absolute atomic E-state index is 0.0986. The average molecular weight is 451 g/mol. The number of likely N-dealkylation sites (N-methyl/N-ethyl adjacent to an activating group) is 1. The van der Waals surface area contributed by atoms with Gasteiger partial charge in [0.2, 0.25) is 11.1 Å². The van der Waals surface area contributed by atoms with E-state index in [4.69, 9.17) is 4.74 Å². The van der Waals surface area contributed by atoms with Crippen LogP contribution in [0.5, 0.6) is 5.75 Å². The molecule has 1 aromatic heterocycles. The molecule has 0 bridgehead atoms. The number of likely N-dealkylation sites (tertiary alicyclic amines) is 1. The Morgan fingerprint density at radius 2 is 2.03 bits per heavy atom. The van der Waals surface area contributed by atoms with E-state index >= 15 is 0 Å². The van der Waals surface area contributed by atoms with Crippen LogP contribution in [0.1, 0.15) is 23.5 Å². The molecule has 1 saturated heterocycles. The second kappa shape index (κ2) is 8.55. The fourth-order valence-electron chi connectivity index (χ4n) is 4.76. The summed E-state index contributed by atoms with van der Waals surface area (Å²) in [5.74, 6) is 1.51. The van der Waals surface area contributed by atoms with Crippen molar-refractivity contribution in [1.29, 1.82) is 0 Å². The largest absolute Gasteiger partial charge is 0.497 e. The number of anilines is 1. The number of tetrazole rings is 1. The van der Waals surface area contributed by atoms with Gasteiger partial charge < -0.3 is 14.5 Å². The van der Waals surface area contributed by atoms with Gasteiger partial charge in [0.25, 0.3) is 0 Å². The van der Waals surface area contributed by atoms with Crippen molar-refractivity contribution in [2.75, 3.05) is 37.9 Å². The summed E-state index contributed by atoms with van der Waals surface area (Å²) in [6, 6.07) is 14.2. The monoisotopic (exact) mass is 450 g/mol. The summed E-state index contributed by atoms with van der Waals surface area (Å²) in [7, 11) is 3.79. The highest BCUT2D eigenvalue weighted by molar-refractivity contribution is 7.99. The Bertz CT molecular complexity index is 1130. The number of hydrogen-bond acceptors (Lipinski definition) is 7. The third-order valence-electron chi connectivity index (χ3n) is 6.30.